The summed E-state index contributed by atoms with van der Waals surface area (Å²) in [5, 5.41) is 20.9. The SMILES string of the molecule is Cc1c(O)c(-c2cc(Cl)c3cc(N(C)C4CCNC4)cnc3n2)cc2cn(C)nc12. The van der Waals surface area contributed by atoms with Crippen LogP contribution in [0.5, 0.6) is 5.75 Å². The van der Waals surface area contributed by atoms with Gasteiger partial charge in [-0.15, -0.1) is 0 Å². The lowest BCUT2D eigenvalue weighted by atomic mass is 10.0. The first kappa shape index (κ1) is 19.1. The van der Waals surface area contributed by atoms with E-state index in [9.17, 15) is 5.11 Å². The van der Waals surface area contributed by atoms with E-state index < -0.39 is 0 Å². The molecule has 1 atom stereocenters. The molecule has 0 saturated carbocycles. The molecule has 1 aliphatic heterocycles. The third kappa shape index (κ3) is 3.05. The summed E-state index contributed by atoms with van der Waals surface area (Å²) in [6, 6.07) is 6.17. The third-order valence-electron chi connectivity index (χ3n) is 5.99. The maximum absolute atomic E-state index is 10.8. The summed E-state index contributed by atoms with van der Waals surface area (Å²) in [6.07, 6.45) is 4.87. The minimum Gasteiger partial charge on any atom is -0.507 e. The van der Waals surface area contributed by atoms with Gasteiger partial charge in [-0.25, -0.2) is 9.97 Å². The Morgan fingerprint density at radius 3 is 2.90 bits per heavy atom. The number of phenols is 1. The van der Waals surface area contributed by atoms with Gasteiger partial charge in [0.05, 0.1) is 28.1 Å². The van der Waals surface area contributed by atoms with Gasteiger partial charge in [-0.3, -0.25) is 4.68 Å². The lowest BCUT2D eigenvalue weighted by Gasteiger charge is -2.25. The number of phenolic OH excluding ortho intramolecular Hbond substituents is 1. The number of rotatable bonds is 3. The second-order valence-corrected chi connectivity index (χ2v) is 8.36. The number of aryl methyl sites for hydroxylation is 2. The normalized spacial score (nSPS) is 16.6. The summed E-state index contributed by atoms with van der Waals surface area (Å²) in [5.74, 6) is 0.161. The van der Waals surface area contributed by atoms with Gasteiger partial charge in [0.15, 0.2) is 5.65 Å². The van der Waals surface area contributed by atoms with E-state index in [2.05, 4.69) is 27.3 Å². The van der Waals surface area contributed by atoms with Crippen LogP contribution in [0.2, 0.25) is 5.02 Å². The standard InChI is InChI=1S/C22H23ClN6O/c1-12-20-13(11-28(2)27-20)6-17(21(12)30)19-8-18(23)16-7-15(10-25-22(16)26-19)29(3)14-4-5-24-9-14/h6-8,10-11,14,24,30H,4-5,9H2,1-3H3. The van der Waals surface area contributed by atoms with Crippen LogP contribution in [0.25, 0.3) is 33.2 Å². The molecule has 0 spiro atoms. The number of hydrogen-bond donors (Lipinski definition) is 2. The molecule has 8 heteroatoms. The van der Waals surface area contributed by atoms with Crippen LogP contribution >= 0.6 is 11.6 Å². The Bertz CT molecular complexity index is 1280. The Morgan fingerprint density at radius 2 is 2.13 bits per heavy atom. The first-order valence-corrected chi connectivity index (χ1v) is 10.4. The van der Waals surface area contributed by atoms with E-state index in [1.807, 2.05) is 38.5 Å². The second kappa shape index (κ2) is 7.11. The van der Waals surface area contributed by atoms with Crippen molar-refractivity contribution in [1.29, 1.82) is 0 Å². The molecule has 5 rings (SSSR count). The van der Waals surface area contributed by atoms with Crippen molar-refractivity contribution in [3.05, 3.63) is 41.2 Å². The number of likely N-dealkylation sites (N-methyl/N-ethyl adjacent to an activating group) is 1. The molecule has 1 aromatic carbocycles. The number of benzene rings is 1. The van der Waals surface area contributed by atoms with Gasteiger partial charge >= 0.3 is 0 Å². The summed E-state index contributed by atoms with van der Waals surface area (Å²) in [6.45, 7) is 3.86. The predicted octanol–water partition coefficient (Wildman–Crippen LogP) is 3.65. The highest BCUT2D eigenvalue weighted by Crippen LogP contribution is 2.38. The van der Waals surface area contributed by atoms with Crippen LogP contribution in [-0.2, 0) is 7.05 Å². The van der Waals surface area contributed by atoms with E-state index in [0.29, 0.717) is 28.0 Å². The molecule has 3 aromatic heterocycles. The minimum absolute atomic E-state index is 0.161. The van der Waals surface area contributed by atoms with Gasteiger partial charge in [0.25, 0.3) is 0 Å². The number of nitrogens with one attached hydrogen (secondary N) is 1. The molecule has 7 nitrogen and oxygen atoms in total. The van der Waals surface area contributed by atoms with Crippen LogP contribution in [-0.4, -0.2) is 51.0 Å². The second-order valence-electron chi connectivity index (χ2n) is 7.95. The molecule has 2 N–H and O–H groups in total. The van der Waals surface area contributed by atoms with Crippen LogP contribution in [0.1, 0.15) is 12.0 Å². The molecular formula is C22H23ClN6O. The molecule has 4 aromatic rings. The summed E-state index contributed by atoms with van der Waals surface area (Å²) in [4.78, 5) is 11.5. The maximum Gasteiger partial charge on any atom is 0.161 e. The zero-order chi connectivity index (χ0) is 21.0. The number of hydrogen-bond acceptors (Lipinski definition) is 6. The molecule has 1 fully saturated rings. The van der Waals surface area contributed by atoms with E-state index in [1.165, 1.54) is 0 Å². The number of aromatic hydroxyl groups is 1. The van der Waals surface area contributed by atoms with Gasteiger partial charge in [-0.1, -0.05) is 11.6 Å². The van der Waals surface area contributed by atoms with Crippen LogP contribution in [0.15, 0.2) is 30.6 Å². The highest BCUT2D eigenvalue weighted by molar-refractivity contribution is 6.35. The average molecular weight is 423 g/mol. The summed E-state index contributed by atoms with van der Waals surface area (Å²) in [5.41, 5.74) is 4.28. The lowest BCUT2D eigenvalue weighted by molar-refractivity contribution is 0.474. The zero-order valence-electron chi connectivity index (χ0n) is 17.1. The Hall–Kier alpha value is -2.90. The van der Waals surface area contributed by atoms with Crippen molar-refractivity contribution in [2.45, 2.75) is 19.4 Å². The monoisotopic (exact) mass is 422 g/mol. The molecule has 0 radical (unpaired) electrons. The van der Waals surface area contributed by atoms with E-state index in [4.69, 9.17) is 16.6 Å². The molecule has 154 valence electrons. The smallest absolute Gasteiger partial charge is 0.161 e. The molecule has 0 amide bonds. The van der Waals surface area contributed by atoms with Gasteiger partial charge in [0.2, 0.25) is 0 Å². The van der Waals surface area contributed by atoms with Crippen LogP contribution in [0.3, 0.4) is 0 Å². The predicted molar refractivity (Wildman–Crippen MR) is 120 cm³/mol. The molecule has 30 heavy (non-hydrogen) atoms. The summed E-state index contributed by atoms with van der Waals surface area (Å²) < 4.78 is 1.74. The lowest BCUT2D eigenvalue weighted by Crippen LogP contribution is -2.33. The van der Waals surface area contributed by atoms with Gasteiger partial charge in [0.1, 0.15) is 5.75 Å². The molecule has 1 unspecified atom stereocenters. The van der Waals surface area contributed by atoms with Gasteiger partial charge in [-0.05, 0) is 38.1 Å². The summed E-state index contributed by atoms with van der Waals surface area (Å²) >= 11 is 6.65. The van der Waals surface area contributed by atoms with Crippen LogP contribution < -0.4 is 10.2 Å². The van der Waals surface area contributed by atoms with Crippen molar-refractivity contribution in [3.8, 4) is 17.0 Å². The van der Waals surface area contributed by atoms with Crippen molar-refractivity contribution >= 4 is 39.2 Å². The molecular weight excluding hydrogens is 400 g/mol. The van der Waals surface area contributed by atoms with Crippen molar-refractivity contribution in [2.75, 3.05) is 25.0 Å². The quantitative estimate of drug-likeness (QED) is 0.524. The molecule has 1 saturated heterocycles. The number of fused-ring (bicyclic) bond motifs is 2. The largest absolute Gasteiger partial charge is 0.507 e. The van der Waals surface area contributed by atoms with E-state index in [1.54, 1.807) is 10.7 Å². The first-order chi connectivity index (χ1) is 14.4. The highest BCUT2D eigenvalue weighted by Gasteiger charge is 2.21. The van der Waals surface area contributed by atoms with Crippen molar-refractivity contribution in [3.63, 3.8) is 0 Å². The van der Waals surface area contributed by atoms with Gasteiger partial charge in [-0.2, -0.15) is 5.10 Å². The molecule has 4 heterocycles. The Balaban J connectivity index is 1.61. The number of pyridine rings is 2. The number of aromatic nitrogens is 4. The number of anilines is 1. The Kier molecular flexibility index (Phi) is 4.52. The van der Waals surface area contributed by atoms with Crippen molar-refractivity contribution < 1.29 is 5.11 Å². The maximum atomic E-state index is 10.8. The number of nitrogens with zero attached hydrogens (tertiary/aromatic N) is 5. The highest BCUT2D eigenvalue weighted by atomic mass is 35.5. The number of halogens is 1. The van der Waals surface area contributed by atoms with Crippen LogP contribution in [0, 0.1) is 6.92 Å². The van der Waals surface area contributed by atoms with E-state index in [0.717, 1.165) is 47.1 Å². The van der Waals surface area contributed by atoms with Gasteiger partial charge in [0, 0.05) is 54.8 Å². The van der Waals surface area contributed by atoms with E-state index >= 15 is 0 Å². The molecule has 0 aliphatic carbocycles. The van der Waals surface area contributed by atoms with E-state index in [-0.39, 0.29) is 5.75 Å². The average Bonchev–Trinajstić information content (AvgIpc) is 3.39. The third-order valence-corrected chi connectivity index (χ3v) is 6.30. The van der Waals surface area contributed by atoms with Gasteiger partial charge < -0.3 is 15.3 Å². The van der Waals surface area contributed by atoms with Crippen LogP contribution in [0.4, 0.5) is 5.69 Å². The first-order valence-electron chi connectivity index (χ1n) is 9.98. The molecule has 0 bridgehead atoms. The molecule has 1 aliphatic rings. The fourth-order valence-corrected chi connectivity index (χ4v) is 4.45. The topological polar surface area (TPSA) is 79.1 Å². The zero-order valence-corrected chi connectivity index (χ0v) is 17.9. The van der Waals surface area contributed by atoms with Crippen molar-refractivity contribution in [1.82, 2.24) is 25.1 Å². The Labute approximate surface area is 179 Å². The summed E-state index contributed by atoms with van der Waals surface area (Å²) in [7, 11) is 3.95. The fraction of sp³-hybridized carbons (Fsp3) is 0.318. The Morgan fingerprint density at radius 1 is 1.30 bits per heavy atom. The fourth-order valence-electron chi connectivity index (χ4n) is 4.20. The van der Waals surface area contributed by atoms with Crippen molar-refractivity contribution in [2.24, 2.45) is 7.05 Å². The minimum atomic E-state index is 0.161.